The van der Waals surface area contributed by atoms with Crippen molar-refractivity contribution >= 4 is 11.8 Å². The van der Waals surface area contributed by atoms with Crippen molar-refractivity contribution in [2.45, 2.75) is 43.6 Å². The summed E-state index contributed by atoms with van der Waals surface area (Å²) in [7, 11) is 0. The van der Waals surface area contributed by atoms with Gasteiger partial charge in [-0.1, -0.05) is 42.0 Å². The summed E-state index contributed by atoms with van der Waals surface area (Å²) in [5.74, 6) is 2.91. The number of hydrogen-bond donors (Lipinski definition) is 0. The Morgan fingerprint density at radius 3 is 2.65 bits per heavy atom. The molecule has 0 N–H and O–H groups in total. The van der Waals surface area contributed by atoms with Gasteiger partial charge in [0.1, 0.15) is 0 Å². The molecule has 0 bridgehead atoms. The first-order chi connectivity index (χ1) is 12.8. The SMILES string of the molecule is CCc1noc(CSc2nnc(CN3CCCC3)n2-c2ccccc2)n1. The fourth-order valence-electron chi connectivity index (χ4n) is 3.09. The fourth-order valence-corrected chi connectivity index (χ4v) is 3.90. The van der Waals surface area contributed by atoms with Crippen LogP contribution in [0.3, 0.4) is 0 Å². The Morgan fingerprint density at radius 2 is 1.92 bits per heavy atom. The van der Waals surface area contributed by atoms with Crippen molar-refractivity contribution in [3.8, 4) is 5.69 Å². The molecule has 1 aliphatic rings. The molecule has 2 aromatic heterocycles. The van der Waals surface area contributed by atoms with Crippen molar-refractivity contribution in [3.05, 3.63) is 47.9 Å². The van der Waals surface area contributed by atoms with E-state index in [1.807, 2.05) is 25.1 Å². The van der Waals surface area contributed by atoms with Gasteiger partial charge in [0.25, 0.3) is 0 Å². The van der Waals surface area contributed by atoms with E-state index >= 15 is 0 Å². The van der Waals surface area contributed by atoms with Gasteiger partial charge in [-0.05, 0) is 38.1 Å². The topological polar surface area (TPSA) is 72.9 Å². The number of hydrogen-bond acceptors (Lipinski definition) is 7. The van der Waals surface area contributed by atoms with Crippen molar-refractivity contribution in [1.82, 2.24) is 29.8 Å². The highest BCUT2D eigenvalue weighted by Crippen LogP contribution is 2.26. The molecule has 1 aliphatic heterocycles. The number of nitrogens with zero attached hydrogens (tertiary/aromatic N) is 6. The Kier molecular flexibility index (Phi) is 5.31. The molecular formula is C18H22N6OS. The van der Waals surface area contributed by atoms with Gasteiger partial charge in [-0.2, -0.15) is 4.98 Å². The van der Waals surface area contributed by atoms with Crippen LogP contribution in [0.1, 0.15) is 37.3 Å². The van der Waals surface area contributed by atoms with Crippen LogP contribution in [-0.2, 0) is 18.7 Å². The second kappa shape index (κ2) is 8.01. The maximum Gasteiger partial charge on any atom is 0.237 e. The van der Waals surface area contributed by atoms with E-state index in [2.05, 4.69) is 41.9 Å². The Balaban J connectivity index is 1.57. The second-order valence-electron chi connectivity index (χ2n) is 6.30. The highest BCUT2D eigenvalue weighted by molar-refractivity contribution is 7.98. The highest BCUT2D eigenvalue weighted by Gasteiger charge is 2.20. The zero-order valence-electron chi connectivity index (χ0n) is 14.8. The standard InChI is InChI=1S/C18H22N6OS/c1-2-15-19-17(25-22-15)13-26-18-21-20-16(12-23-10-6-7-11-23)24(18)14-8-4-3-5-9-14/h3-5,8-9H,2,6-7,10-13H2,1H3. The summed E-state index contributed by atoms with van der Waals surface area (Å²) in [4.78, 5) is 6.81. The molecule has 0 unspecified atom stereocenters. The Morgan fingerprint density at radius 1 is 1.12 bits per heavy atom. The van der Waals surface area contributed by atoms with E-state index in [9.17, 15) is 0 Å². The number of rotatable bonds is 7. The monoisotopic (exact) mass is 370 g/mol. The lowest BCUT2D eigenvalue weighted by Gasteiger charge is -2.15. The molecule has 0 amide bonds. The van der Waals surface area contributed by atoms with Gasteiger partial charge in [-0.3, -0.25) is 9.47 Å². The minimum absolute atomic E-state index is 0.585. The maximum atomic E-state index is 5.29. The molecule has 3 heterocycles. The van der Waals surface area contributed by atoms with Gasteiger partial charge in [0.05, 0.1) is 12.3 Å². The number of likely N-dealkylation sites (tertiary alicyclic amines) is 1. The average molecular weight is 370 g/mol. The lowest BCUT2D eigenvalue weighted by atomic mass is 10.3. The zero-order chi connectivity index (χ0) is 17.8. The van der Waals surface area contributed by atoms with E-state index in [1.54, 1.807) is 11.8 Å². The third-order valence-electron chi connectivity index (χ3n) is 4.43. The average Bonchev–Trinajstić information content (AvgIpc) is 3.42. The van der Waals surface area contributed by atoms with Crippen LogP contribution in [0.25, 0.3) is 5.69 Å². The molecule has 4 rings (SSSR count). The van der Waals surface area contributed by atoms with Gasteiger partial charge >= 0.3 is 0 Å². The molecule has 136 valence electrons. The van der Waals surface area contributed by atoms with Gasteiger partial charge < -0.3 is 4.52 Å². The first-order valence-corrected chi connectivity index (χ1v) is 9.98. The molecular weight excluding hydrogens is 348 g/mol. The molecule has 1 fully saturated rings. The van der Waals surface area contributed by atoms with E-state index in [1.165, 1.54) is 12.8 Å². The summed E-state index contributed by atoms with van der Waals surface area (Å²) < 4.78 is 7.43. The smallest absolute Gasteiger partial charge is 0.237 e. The molecule has 1 saturated heterocycles. The Hall–Kier alpha value is -2.19. The Labute approximate surface area is 156 Å². The molecule has 3 aromatic rings. The molecule has 26 heavy (non-hydrogen) atoms. The van der Waals surface area contributed by atoms with Crippen LogP contribution in [-0.4, -0.2) is 42.9 Å². The van der Waals surface area contributed by atoms with E-state index < -0.39 is 0 Å². The van der Waals surface area contributed by atoms with Crippen LogP contribution >= 0.6 is 11.8 Å². The zero-order valence-corrected chi connectivity index (χ0v) is 15.7. The predicted molar refractivity (Wildman–Crippen MR) is 99.1 cm³/mol. The number of para-hydroxylation sites is 1. The maximum absolute atomic E-state index is 5.29. The van der Waals surface area contributed by atoms with Crippen LogP contribution in [0.2, 0.25) is 0 Å². The van der Waals surface area contributed by atoms with Gasteiger partial charge in [0.2, 0.25) is 5.89 Å². The first kappa shape index (κ1) is 17.2. The lowest BCUT2D eigenvalue weighted by molar-refractivity contribution is 0.319. The van der Waals surface area contributed by atoms with Crippen molar-refractivity contribution < 1.29 is 4.52 Å². The molecule has 0 radical (unpaired) electrons. The van der Waals surface area contributed by atoms with E-state index in [0.717, 1.165) is 48.5 Å². The normalized spacial score (nSPS) is 15.0. The van der Waals surface area contributed by atoms with E-state index in [0.29, 0.717) is 11.6 Å². The van der Waals surface area contributed by atoms with E-state index in [4.69, 9.17) is 4.52 Å². The summed E-state index contributed by atoms with van der Waals surface area (Å²) in [6.07, 6.45) is 3.30. The molecule has 0 aliphatic carbocycles. The number of thioether (sulfide) groups is 1. The van der Waals surface area contributed by atoms with Gasteiger partial charge in [-0.25, -0.2) is 0 Å². The minimum Gasteiger partial charge on any atom is -0.338 e. The largest absolute Gasteiger partial charge is 0.338 e. The van der Waals surface area contributed by atoms with Crippen LogP contribution in [0.5, 0.6) is 0 Å². The third kappa shape index (κ3) is 3.81. The van der Waals surface area contributed by atoms with Gasteiger partial charge in [0, 0.05) is 12.1 Å². The number of aryl methyl sites for hydroxylation is 1. The summed E-state index contributed by atoms with van der Waals surface area (Å²) in [6.45, 7) is 5.10. The predicted octanol–water partition coefficient (Wildman–Crippen LogP) is 3.10. The van der Waals surface area contributed by atoms with Crippen LogP contribution in [0.15, 0.2) is 40.0 Å². The van der Waals surface area contributed by atoms with Gasteiger partial charge in [-0.15, -0.1) is 10.2 Å². The Bertz CT molecular complexity index is 841. The van der Waals surface area contributed by atoms with Crippen LogP contribution < -0.4 is 0 Å². The second-order valence-corrected chi connectivity index (χ2v) is 7.24. The number of benzene rings is 1. The third-order valence-corrected chi connectivity index (χ3v) is 5.34. The van der Waals surface area contributed by atoms with Crippen molar-refractivity contribution in [2.75, 3.05) is 13.1 Å². The van der Waals surface area contributed by atoms with Crippen LogP contribution in [0, 0.1) is 0 Å². The molecule has 0 spiro atoms. The highest BCUT2D eigenvalue weighted by atomic mass is 32.2. The number of aromatic nitrogens is 5. The van der Waals surface area contributed by atoms with Crippen LogP contribution in [0.4, 0.5) is 0 Å². The quantitative estimate of drug-likeness (QED) is 0.592. The minimum atomic E-state index is 0.585. The summed E-state index contributed by atoms with van der Waals surface area (Å²) in [5, 5.41) is 13.7. The molecule has 0 atom stereocenters. The van der Waals surface area contributed by atoms with Crippen molar-refractivity contribution in [2.24, 2.45) is 0 Å². The first-order valence-electron chi connectivity index (χ1n) is 9.00. The summed E-state index contributed by atoms with van der Waals surface area (Å²) in [5.41, 5.74) is 1.08. The lowest BCUT2D eigenvalue weighted by Crippen LogP contribution is -2.21. The molecule has 0 saturated carbocycles. The molecule has 1 aromatic carbocycles. The van der Waals surface area contributed by atoms with Crippen molar-refractivity contribution in [1.29, 1.82) is 0 Å². The van der Waals surface area contributed by atoms with Gasteiger partial charge in [0.15, 0.2) is 16.8 Å². The van der Waals surface area contributed by atoms with Crippen molar-refractivity contribution in [3.63, 3.8) is 0 Å². The summed E-state index contributed by atoms with van der Waals surface area (Å²) >= 11 is 1.57. The molecule has 7 nitrogen and oxygen atoms in total. The van der Waals surface area contributed by atoms with E-state index in [-0.39, 0.29) is 0 Å². The fraction of sp³-hybridized carbons (Fsp3) is 0.444. The summed E-state index contributed by atoms with van der Waals surface area (Å²) in [6, 6.07) is 10.3. The molecule has 8 heteroatoms.